The Morgan fingerprint density at radius 2 is 1.94 bits per heavy atom. The summed E-state index contributed by atoms with van der Waals surface area (Å²) in [6.45, 7) is 4.58. The van der Waals surface area contributed by atoms with E-state index in [9.17, 15) is 0 Å². The second-order valence-electron chi connectivity index (χ2n) is 5.86. The van der Waals surface area contributed by atoms with Gasteiger partial charge in [-0.3, -0.25) is 4.99 Å². The van der Waals surface area contributed by atoms with E-state index >= 15 is 0 Å². The Kier molecular flexibility index (Phi) is 5.20. The van der Waals surface area contributed by atoms with Gasteiger partial charge in [-0.2, -0.15) is 0 Å². The third-order valence-electron chi connectivity index (χ3n) is 3.64. The fourth-order valence-corrected chi connectivity index (χ4v) is 3.79. The van der Waals surface area contributed by atoms with E-state index in [4.69, 9.17) is 4.99 Å². The van der Waals surface area contributed by atoms with Crippen LogP contribution in [-0.2, 0) is 0 Å². The summed E-state index contributed by atoms with van der Waals surface area (Å²) in [5, 5.41) is 4.90. The first-order valence-corrected chi connectivity index (χ1v) is 8.19. The molecule has 0 bridgehead atoms. The van der Waals surface area contributed by atoms with Crippen molar-refractivity contribution < 1.29 is 0 Å². The molecule has 0 spiro atoms. The molecule has 1 N–H and O–H groups in total. The summed E-state index contributed by atoms with van der Waals surface area (Å²) in [6, 6.07) is 1.26. The van der Waals surface area contributed by atoms with Gasteiger partial charge in [0.2, 0.25) is 0 Å². The quantitative estimate of drug-likeness (QED) is 0.774. The minimum absolute atomic E-state index is 0.563. The average molecular weight is 254 g/mol. The largest absolute Gasteiger partial charge is 0.362 e. The first-order chi connectivity index (χ1) is 8.24. The lowest BCUT2D eigenvalue weighted by molar-refractivity contribution is 0.519. The van der Waals surface area contributed by atoms with Crippen LogP contribution in [0, 0.1) is 5.92 Å². The molecule has 1 unspecified atom stereocenters. The van der Waals surface area contributed by atoms with Gasteiger partial charge in [0.25, 0.3) is 0 Å². The van der Waals surface area contributed by atoms with Crippen LogP contribution in [0.1, 0.15) is 58.8 Å². The Labute approximate surface area is 110 Å². The van der Waals surface area contributed by atoms with Crippen molar-refractivity contribution in [3.05, 3.63) is 0 Å². The lowest BCUT2D eigenvalue weighted by Crippen LogP contribution is -2.31. The number of nitrogens with zero attached hydrogens (tertiary/aromatic N) is 1. The first-order valence-electron chi connectivity index (χ1n) is 7.21. The highest BCUT2D eigenvalue weighted by atomic mass is 32.2. The van der Waals surface area contributed by atoms with Crippen molar-refractivity contribution in [1.29, 1.82) is 0 Å². The van der Waals surface area contributed by atoms with Crippen LogP contribution in [0.2, 0.25) is 0 Å². The van der Waals surface area contributed by atoms with Crippen LogP contribution >= 0.6 is 11.8 Å². The highest BCUT2D eigenvalue weighted by molar-refractivity contribution is 8.14. The average Bonchev–Trinajstić information content (AvgIpc) is 2.54. The van der Waals surface area contributed by atoms with E-state index in [2.05, 4.69) is 19.2 Å². The Hall–Kier alpha value is -0.180. The zero-order valence-electron chi connectivity index (χ0n) is 11.2. The molecule has 1 heterocycles. The third-order valence-corrected chi connectivity index (χ3v) is 4.69. The summed E-state index contributed by atoms with van der Waals surface area (Å²) < 4.78 is 0. The lowest BCUT2D eigenvalue weighted by Gasteiger charge is -2.16. The molecule has 98 valence electrons. The summed E-state index contributed by atoms with van der Waals surface area (Å²) in [5.74, 6) is 1.95. The number of amidine groups is 1. The molecule has 0 aromatic rings. The molecule has 1 saturated carbocycles. The second-order valence-corrected chi connectivity index (χ2v) is 6.87. The molecule has 1 aliphatic carbocycles. The van der Waals surface area contributed by atoms with Crippen molar-refractivity contribution in [3.63, 3.8) is 0 Å². The smallest absolute Gasteiger partial charge is 0.157 e. The van der Waals surface area contributed by atoms with E-state index in [1.54, 1.807) is 0 Å². The predicted octanol–water partition coefficient (Wildman–Crippen LogP) is 3.82. The molecule has 3 heteroatoms. The maximum absolute atomic E-state index is 4.82. The van der Waals surface area contributed by atoms with E-state index in [0.29, 0.717) is 12.1 Å². The molecule has 0 radical (unpaired) electrons. The van der Waals surface area contributed by atoms with Gasteiger partial charge in [0, 0.05) is 11.8 Å². The fraction of sp³-hybridized carbons (Fsp3) is 0.929. The molecule has 0 aromatic carbocycles. The van der Waals surface area contributed by atoms with Crippen molar-refractivity contribution in [3.8, 4) is 0 Å². The third kappa shape index (κ3) is 4.53. The molecular weight excluding hydrogens is 228 g/mol. The summed E-state index contributed by atoms with van der Waals surface area (Å²) in [4.78, 5) is 4.82. The Bertz CT molecular complexity index is 255. The van der Waals surface area contributed by atoms with Gasteiger partial charge in [-0.1, -0.05) is 51.3 Å². The van der Waals surface area contributed by atoms with Crippen molar-refractivity contribution in [2.75, 3.05) is 5.75 Å². The van der Waals surface area contributed by atoms with Gasteiger partial charge < -0.3 is 5.32 Å². The molecule has 2 aliphatic rings. The van der Waals surface area contributed by atoms with Crippen LogP contribution in [-0.4, -0.2) is 23.0 Å². The van der Waals surface area contributed by atoms with Gasteiger partial charge in [-0.25, -0.2) is 0 Å². The van der Waals surface area contributed by atoms with E-state index in [1.807, 2.05) is 11.8 Å². The van der Waals surface area contributed by atoms with E-state index in [1.165, 1.54) is 55.9 Å². The van der Waals surface area contributed by atoms with Crippen LogP contribution in [0.4, 0.5) is 0 Å². The highest BCUT2D eigenvalue weighted by Crippen LogP contribution is 2.24. The number of hydrogen-bond donors (Lipinski definition) is 1. The van der Waals surface area contributed by atoms with Gasteiger partial charge in [-0.05, 0) is 25.2 Å². The van der Waals surface area contributed by atoms with Gasteiger partial charge >= 0.3 is 0 Å². The van der Waals surface area contributed by atoms with Crippen molar-refractivity contribution >= 4 is 16.9 Å². The normalized spacial score (nSPS) is 27.0. The minimum Gasteiger partial charge on any atom is -0.362 e. The summed E-state index contributed by atoms with van der Waals surface area (Å²) >= 11 is 1.93. The molecule has 1 fully saturated rings. The molecule has 2 rings (SSSR count). The zero-order chi connectivity index (χ0) is 12.1. The SMILES string of the molecule is CC(C)CC1CSC(NC2CCCCCC2)=N1. The van der Waals surface area contributed by atoms with Crippen LogP contribution in [0.5, 0.6) is 0 Å². The molecule has 1 atom stereocenters. The standard InChI is InChI=1S/C14H26N2S/c1-11(2)9-13-10-17-14(16-13)15-12-7-5-3-4-6-8-12/h11-13H,3-10H2,1-2H3,(H,15,16). The molecule has 2 nitrogen and oxygen atoms in total. The molecular formula is C14H26N2S. The highest BCUT2D eigenvalue weighted by Gasteiger charge is 2.21. The Morgan fingerprint density at radius 3 is 2.59 bits per heavy atom. The number of thioether (sulfide) groups is 1. The number of nitrogens with one attached hydrogen (secondary N) is 1. The van der Waals surface area contributed by atoms with Gasteiger partial charge in [-0.15, -0.1) is 0 Å². The second kappa shape index (κ2) is 6.67. The Morgan fingerprint density at radius 1 is 1.24 bits per heavy atom. The topological polar surface area (TPSA) is 24.4 Å². The van der Waals surface area contributed by atoms with E-state index < -0.39 is 0 Å². The predicted molar refractivity (Wildman–Crippen MR) is 77.8 cm³/mol. The number of hydrogen-bond acceptors (Lipinski definition) is 3. The van der Waals surface area contributed by atoms with Crippen molar-refractivity contribution in [2.45, 2.75) is 70.9 Å². The summed E-state index contributed by atoms with van der Waals surface area (Å²) in [5.41, 5.74) is 0. The lowest BCUT2D eigenvalue weighted by atomic mass is 10.1. The Balaban J connectivity index is 1.78. The maximum Gasteiger partial charge on any atom is 0.157 e. The minimum atomic E-state index is 0.563. The molecule has 0 saturated heterocycles. The van der Waals surface area contributed by atoms with Gasteiger partial charge in [0.05, 0.1) is 6.04 Å². The van der Waals surface area contributed by atoms with Crippen LogP contribution in [0.15, 0.2) is 4.99 Å². The first kappa shape index (κ1) is 13.3. The molecule has 1 aliphatic heterocycles. The van der Waals surface area contributed by atoms with Gasteiger partial charge in [0.15, 0.2) is 5.17 Å². The molecule has 0 amide bonds. The monoisotopic (exact) mass is 254 g/mol. The fourth-order valence-electron chi connectivity index (χ4n) is 2.76. The van der Waals surface area contributed by atoms with Crippen LogP contribution < -0.4 is 5.32 Å². The number of aliphatic imine (C=N–C) groups is 1. The summed E-state index contributed by atoms with van der Waals surface area (Å²) in [7, 11) is 0. The zero-order valence-corrected chi connectivity index (χ0v) is 12.1. The van der Waals surface area contributed by atoms with Gasteiger partial charge in [0.1, 0.15) is 0 Å². The van der Waals surface area contributed by atoms with E-state index in [-0.39, 0.29) is 0 Å². The van der Waals surface area contributed by atoms with Crippen molar-refractivity contribution in [1.82, 2.24) is 5.32 Å². The summed E-state index contributed by atoms with van der Waals surface area (Å²) in [6.07, 6.45) is 9.56. The maximum atomic E-state index is 4.82. The number of rotatable bonds is 3. The molecule has 17 heavy (non-hydrogen) atoms. The van der Waals surface area contributed by atoms with E-state index in [0.717, 1.165) is 5.92 Å². The van der Waals surface area contributed by atoms with Crippen LogP contribution in [0.3, 0.4) is 0 Å². The molecule has 0 aromatic heterocycles. The van der Waals surface area contributed by atoms with Crippen LogP contribution in [0.25, 0.3) is 0 Å². The van der Waals surface area contributed by atoms with Crippen molar-refractivity contribution in [2.24, 2.45) is 10.9 Å².